The third kappa shape index (κ3) is 3.03. The number of urea groups is 1. The van der Waals surface area contributed by atoms with E-state index in [4.69, 9.17) is 0 Å². The number of fused-ring (bicyclic) bond motifs is 3. The number of aromatic nitrogens is 4. The summed E-state index contributed by atoms with van der Waals surface area (Å²) in [5.74, 6) is 0. The molecule has 7 heteroatoms. The van der Waals surface area contributed by atoms with Crippen LogP contribution >= 0.6 is 0 Å². The van der Waals surface area contributed by atoms with Crippen LogP contribution in [0.25, 0.3) is 27.8 Å². The molecular formula is C16H20N6O. The van der Waals surface area contributed by atoms with Crippen molar-refractivity contribution in [3.8, 4) is 0 Å². The van der Waals surface area contributed by atoms with Crippen LogP contribution in [0.15, 0.2) is 31.4 Å². The molecule has 0 aliphatic carbocycles. The number of carbonyl (C=O) groups excluding carboxylic acids is 1. The monoisotopic (exact) mass is 312 g/mol. The normalized spacial score (nSPS) is 11.0. The summed E-state index contributed by atoms with van der Waals surface area (Å²) in [5.41, 5.74) is 3.50. The van der Waals surface area contributed by atoms with Gasteiger partial charge in [-0.05, 0) is 12.5 Å². The van der Waals surface area contributed by atoms with Crippen LogP contribution in [0.1, 0.15) is 19.8 Å². The fraction of sp³-hybridized carbons (Fsp3) is 0.312. The highest BCUT2D eigenvalue weighted by atomic mass is 16.2. The summed E-state index contributed by atoms with van der Waals surface area (Å²) in [5, 5.41) is 6.62. The van der Waals surface area contributed by atoms with E-state index in [1.165, 1.54) is 0 Å². The molecule has 0 spiro atoms. The average Bonchev–Trinajstić information content (AvgIpc) is 3.18. The number of pyridine rings is 1. The van der Waals surface area contributed by atoms with Gasteiger partial charge >= 0.3 is 6.03 Å². The topological polar surface area (TPSA) is 87.6 Å². The van der Waals surface area contributed by atoms with Crippen molar-refractivity contribution >= 4 is 33.8 Å². The number of nitrogens with zero attached hydrogens (tertiary/aromatic N) is 3. The zero-order valence-electron chi connectivity index (χ0n) is 13.1. The SMILES string of the molecule is C=C(CCNC(=O)NCCC)n1cnc2cnc3[nH]ccc3c21. The molecule has 0 fully saturated rings. The van der Waals surface area contributed by atoms with E-state index in [1.807, 2.05) is 23.8 Å². The molecule has 3 aromatic heterocycles. The summed E-state index contributed by atoms with van der Waals surface area (Å²) < 4.78 is 1.96. The standard InChI is InChI=1S/C16H20N6O/c1-3-6-18-16(23)19-7-4-11(2)22-10-21-13-9-20-15-12(14(13)22)5-8-17-15/h5,8-10H,2-4,6-7H2,1H3,(H,17,20)(H2,18,19,23). The van der Waals surface area contributed by atoms with Crippen LogP contribution in [0.3, 0.4) is 0 Å². The number of rotatable bonds is 6. The molecule has 3 heterocycles. The quantitative estimate of drug-likeness (QED) is 0.653. The molecule has 0 aliphatic heterocycles. The lowest BCUT2D eigenvalue weighted by Gasteiger charge is -2.10. The third-order valence-electron chi connectivity index (χ3n) is 3.67. The van der Waals surface area contributed by atoms with Gasteiger partial charge in [0.2, 0.25) is 0 Å². The molecule has 0 aliphatic rings. The summed E-state index contributed by atoms with van der Waals surface area (Å²) >= 11 is 0. The van der Waals surface area contributed by atoms with Gasteiger partial charge in [0, 0.05) is 36.8 Å². The van der Waals surface area contributed by atoms with E-state index in [-0.39, 0.29) is 6.03 Å². The van der Waals surface area contributed by atoms with Crippen molar-refractivity contribution in [1.29, 1.82) is 0 Å². The average molecular weight is 312 g/mol. The first-order valence-corrected chi connectivity index (χ1v) is 7.69. The molecule has 0 aromatic carbocycles. The Labute approximate surface area is 133 Å². The fourth-order valence-corrected chi connectivity index (χ4v) is 2.49. The van der Waals surface area contributed by atoms with E-state index < -0.39 is 0 Å². The Morgan fingerprint density at radius 1 is 1.35 bits per heavy atom. The Hall–Kier alpha value is -2.83. The van der Waals surface area contributed by atoms with E-state index >= 15 is 0 Å². The number of H-pyrrole nitrogens is 1. The molecule has 120 valence electrons. The molecule has 0 radical (unpaired) electrons. The number of hydrogen-bond donors (Lipinski definition) is 3. The maximum absolute atomic E-state index is 11.5. The van der Waals surface area contributed by atoms with Crippen LogP contribution < -0.4 is 10.6 Å². The summed E-state index contributed by atoms with van der Waals surface area (Å²) in [4.78, 5) is 23.3. The molecule has 3 N–H and O–H groups in total. The highest BCUT2D eigenvalue weighted by Gasteiger charge is 2.11. The van der Waals surface area contributed by atoms with Gasteiger partial charge < -0.3 is 20.2 Å². The van der Waals surface area contributed by atoms with Gasteiger partial charge in [-0.2, -0.15) is 0 Å². The first kappa shape index (κ1) is 15.1. The fourth-order valence-electron chi connectivity index (χ4n) is 2.49. The molecule has 23 heavy (non-hydrogen) atoms. The highest BCUT2D eigenvalue weighted by Crippen LogP contribution is 2.24. The zero-order valence-corrected chi connectivity index (χ0v) is 13.1. The van der Waals surface area contributed by atoms with Gasteiger partial charge in [0.15, 0.2) is 0 Å². The molecule has 0 saturated carbocycles. The molecule has 0 saturated heterocycles. The van der Waals surface area contributed by atoms with E-state index in [2.05, 4.69) is 32.2 Å². The van der Waals surface area contributed by atoms with Crippen molar-refractivity contribution in [2.24, 2.45) is 0 Å². The van der Waals surface area contributed by atoms with Crippen molar-refractivity contribution in [2.45, 2.75) is 19.8 Å². The summed E-state index contributed by atoms with van der Waals surface area (Å²) in [6.45, 7) is 7.34. The Morgan fingerprint density at radius 3 is 3.00 bits per heavy atom. The van der Waals surface area contributed by atoms with Gasteiger partial charge in [-0.1, -0.05) is 13.5 Å². The largest absolute Gasteiger partial charge is 0.346 e. The van der Waals surface area contributed by atoms with Crippen molar-refractivity contribution in [1.82, 2.24) is 30.2 Å². The second kappa shape index (κ2) is 6.51. The molecule has 0 atom stereocenters. The molecule has 0 bridgehead atoms. The zero-order chi connectivity index (χ0) is 16.2. The Morgan fingerprint density at radius 2 is 2.17 bits per heavy atom. The third-order valence-corrected chi connectivity index (χ3v) is 3.67. The van der Waals surface area contributed by atoms with Gasteiger partial charge in [0.1, 0.15) is 17.5 Å². The summed E-state index contributed by atoms with van der Waals surface area (Å²) in [6, 6.07) is 1.83. The Kier molecular flexibility index (Phi) is 4.27. The van der Waals surface area contributed by atoms with E-state index in [0.717, 1.165) is 34.2 Å². The van der Waals surface area contributed by atoms with Crippen molar-refractivity contribution < 1.29 is 4.79 Å². The van der Waals surface area contributed by atoms with Crippen LogP contribution in [0.4, 0.5) is 4.79 Å². The number of imidazole rings is 1. The second-order valence-corrected chi connectivity index (χ2v) is 5.35. The van der Waals surface area contributed by atoms with Gasteiger partial charge in [0.25, 0.3) is 0 Å². The van der Waals surface area contributed by atoms with Gasteiger partial charge in [-0.3, -0.25) is 0 Å². The lowest BCUT2D eigenvalue weighted by atomic mass is 10.2. The molecular weight excluding hydrogens is 292 g/mol. The minimum Gasteiger partial charge on any atom is -0.346 e. The first-order valence-electron chi connectivity index (χ1n) is 7.69. The maximum Gasteiger partial charge on any atom is 0.314 e. The van der Waals surface area contributed by atoms with E-state index in [9.17, 15) is 4.79 Å². The number of aromatic amines is 1. The second-order valence-electron chi connectivity index (χ2n) is 5.35. The minimum absolute atomic E-state index is 0.146. The molecule has 3 aromatic rings. The van der Waals surface area contributed by atoms with Crippen molar-refractivity contribution in [3.63, 3.8) is 0 Å². The summed E-state index contributed by atoms with van der Waals surface area (Å²) in [6.07, 6.45) is 6.91. The van der Waals surface area contributed by atoms with Crippen molar-refractivity contribution in [2.75, 3.05) is 13.1 Å². The van der Waals surface area contributed by atoms with E-state index in [1.54, 1.807) is 12.5 Å². The van der Waals surface area contributed by atoms with Gasteiger partial charge in [-0.15, -0.1) is 0 Å². The molecule has 7 nitrogen and oxygen atoms in total. The van der Waals surface area contributed by atoms with E-state index in [0.29, 0.717) is 19.5 Å². The lowest BCUT2D eigenvalue weighted by molar-refractivity contribution is 0.241. The maximum atomic E-state index is 11.5. The Bertz CT molecular complexity index is 847. The molecule has 0 unspecified atom stereocenters. The van der Waals surface area contributed by atoms with Crippen molar-refractivity contribution in [3.05, 3.63) is 31.4 Å². The number of amides is 2. The van der Waals surface area contributed by atoms with Crippen LogP contribution in [-0.2, 0) is 0 Å². The minimum atomic E-state index is -0.146. The smallest absolute Gasteiger partial charge is 0.314 e. The van der Waals surface area contributed by atoms with Crippen LogP contribution in [0, 0.1) is 0 Å². The first-order chi connectivity index (χ1) is 11.2. The number of nitrogens with one attached hydrogen (secondary N) is 3. The highest BCUT2D eigenvalue weighted by molar-refractivity contribution is 6.02. The Balaban J connectivity index is 1.71. The lowest BCUT2D eigenvalue weighted by Crippen LogP contribution is -2.36. The van der Waals surface area contributed by atoms with Crippen LogP contribution in [0.5, 0.6) is 0 Å². The number of hydrogen-bond acceptors (Lipinski definition) is 3. The van der Waals surface area contributed by atoms with Gasteiger partial charge in [0.05, 0.1) is 11.7 Å². The molecule has 2 amide bonds. The predicted molar refractivity (Wildman–Crippen MR) is 91.0 cm³/mol. The molecule has 3 rings (SSSR count). The summed E-state index contributed by atoms with van der Waals surface area (Å²) in [7, 11) is 0. The number of carbonyl (C=O) groups is 1. The van der Waals surface area contributed by atoms with Crippen LogP contribution in [-0.4, -0.2) is 38.6 Å². The van der Waals surface area contributed by atoms with Gasteiger partial charge in [-0.25, -0.2) is 14.8 Å². The predicted octanol–water partition coefficient (Wildman–Crippen LogP) is 2.48. The van der Waals surface area contributed by atoms with Crippen LogP contribution in [0.2, 0.25) is 0 Å².